The summed E-state index contributed by atoms with van der Waals surface area (Å²) in [5, 5.41) is 0. The van der Waals surface area contributed by atoms with Crippen LogP contribution in [0.5, 0.6) is 0 Å². The van der Waals surface area contributed by atoms with E-state index in [-0.39, 0.29) is 11.8 Å². The topological polar surface area (TPSA) is 87.7 Å². The Morgan fingerprint density at radius 2 is 2.12 bits per heavy atom. The van der Waals surface area contributed by atoms with Crippen molar-refractivity contribution in [3.8, 4) is 0 Å². The predicted molar refractivity (Wildman–Crippen MR) is 62.9 cm³/mol. The van der Waals surface area contributed by atoms with E-state index in [1.807, 2.05) is 19.9 Å². The van der Waals surface area contributed by atoms with Gasteiger partial charge in [-0.2, -0.15) is 0 Å². The van der Waals surface area contributed by atoms with Gasteiger partial charge in [0.25, 0.3) is 0 Å². The van der Waals surface area contributed by atoms with E-state index in [9.17, 15) is 9.36 Å². The second-order valence-electron chi connectivity index (χ2n) is 4.72. The molecule has 0 saturated heterocycles. The van der Waals surface area contributed by atoms with Gasteiger partial charge in [0.15, 0.2) is 0 Å². The molecule has 0 spiro atoms. The van der Waals surface area contributed by atoms with Crippen molar-refractivity contribution in [1.29, 1.82) is 0 Å². The van der Waals surface area contributed by atoms with Gasteiger partial charge in [-0.1, -0.05) is 13.8 Å². The SMILES string of the molecule is CC(C)(CCC(=O)CP(=O)(O)O)c1ccco1. The van der Waals surface area contributed by atoms with Crippen LogP contribution in [0.3, 0.4) is 0 Å². The first kappa shape index (κ1) is 14.2. The first-order valence-corrected chi connectivity index (χ1v) is 7.11. The largest absolute Gasteiger partial charge is 0.469 e. The number of furan rings is 1. The molecule has 6 heteroatoms. The van der Waals surface area contributed by atoms with Gasteiger partial charge in [-0.05, 0) is 18.6 Å². The number of hydrogen-bond donors (Lipinski definition) is 2. The van der Waals surface area contributed by atoms with E-state index >= 15 is 0 Å². The van der Waals surface area contributed by atoms with E-state index in [1.54, 1.807) is 12.3 Å². The van der Waals surface area contributed by atoms with Crippen molar-refractivity contribution in [3.05, 3.63) is 24.2 Å². The highest BCUT2D eigenvalue weighted by Gasteiger charge is 2.26. The molecule has 0 radical (unpaired) electrons. The molecule has 17 heavy (non-hydrogen) atoms. The third kappa shape index (κ3) is 4.86. The van der Waals surface area contributed by atoms with Crippen LogP contribution in [0.1, 0.15) is 32.4 Å². The first-order valence-electron chi connectivity index (χ1n) is 5.31. The maximum atomic E-state index is 11.4. The molecule has 1 heterocycles. The molecule has 0 aliphatic heterocycles. The Bertz CT molecular complexity index is 415. The van der Waals surface area contributed by atoms with Gasteiger partial charge in [-0.25, -0.2) is 0 Å². The lowest BCUT2D eigenvalue weighted by Gasteiger charge is -2.21. The molecule has 0 amide bonds. The summed E-state index contributed by atoms with van der Waals surface area (Å²) in [4.78, 5) is 28.7. The Morgan fingerprint density at radius 3 is 2.59 bits per heavy atom. The third-order valence-electron chi connectivity index (χ3n) is 2.60. The molecule has 0 atom stereocenters. The molecule has 0 aliphatic carbocycles. The molecule has 0 unspecified atom stereocenters. The molecule has 2 N–H and O–H groups in total. The van der Waals surface area contributed by atoms with Gasteiger partial charge in [-0.15, -0.1) is 0 Å². The summed E-state index contributed by atoms with van der Waals surface area (Å²) in [7, 11) is -4.24. The number of ketones is 1. The van der Waals surface area contributed by atoms with Crippen LogP contribution in [0.25, 0.3) is 0 Å². The smallest absolute Gasteiger partial charge is 0.332 e. The Labute approximate surface area is 100.0 Å². The standard InChI is InChI=1S/C11H17O5P/c1-11(2,10-4-3-7-16-10)6-5-9(12)8-17(13,14)15/h3-4,7H,5-6,8H2,1-2H3,(H2,13,14,15). The van der Waals surface area contributed by atoms with E-state index in [0.29, 0.717) is 6.42 Å². The van der Waals surface area contributed by atoms with Gasteiger partial charge in [-0.3, -0.25) is 9.36 Å². The lowest BCUT2D eigenvalue weighted by atomic mass is 9.84. The lowest BCUT2D eigenvalue weighted by Crippen LogP contribution is -2.19. The summed E-state index contributed by atoms with van der Waals surface area (Å²) >= 11 is 0. The minimum absolute atomic E-state index is 0.138. The number of carbonyl (C=O) groups is 1. The second kappa shape index (κ2) is 5.17. The van der Waals surface area contributed by atoms with Gasteiger partial charge in [0.05, 0.1) is 6.26 Å². The number of rotatable bonds is 6. The minimum atomic E-state index is -4.24. The van der Waals surface area contributed by atoms with Gasteiger partial charge in [0.1, 0.15) is 17.7 Å². The van der Waals surface area contributed by atoms with Gasteiger partial charge in [0, 0.05) is 11.8 Å². The summed E-state index contributed by atoms with van der Waals surface area (Å²) in [5.41, 5.74) is -0.311. The predicted octanol–water partition coefficient (Wildman–Crippen LogP) is 2.08. The molecule has 96 valence electrons. The first-order chi connectivity index (χ1) is 7.71. The van der Waals surface area contributed by atoms with Crippen LogP contribution in [0.2, 0.25) is 0 Å². The molecule has 0 fully saturated rings. The Hall–Kier alpha value is -0.900. The van der Waals surface area contributed by atoms with E-state index in [1.165, 1.54) is 0 Å². The van der Waals surface area contributed by atoms with Crippen molar-refractivity contribution in [1.82, 2.24) is 0 Å². The van der Waals surface area contributed by atoms with Crippen LogP contribution in [-0.4, -0.2) is 21.7 Å². The van der Waals surface area contributed by atoms with Gasteiger partial charge >= 0.3 is 7.60 Å². The van der Waals surface area contributed by atoms with E-state index in [4.69, 9.17) is 14.2 Å². The Morgan fingerprint density at radius 1 is 1.47 bits per heavy atom. The molecule has 0 saturated carbocycles. The third-order valence-corrected chi connectivity index (χ3v) is 3.36. The van der Waals surface area contributed by atoms with Crippen LogP contribution in [0.4, 0.5) is 0 Å². The van der Waals surface area contributed by atoms with Crippen LogP contribution in [-0.2, 0) is 14.8 Å². The molecule has 0 aromatic carbocycles. The monoisotopic (exact) mass is 260 g/mol. The molecule has 0 bridgehead atoms. The maximum Gasteiger partial charge on any atom is 0.332 e. The molecule has 1 aromatic rings. The van der Waals surface area contributed by atoms with Gasteiger partial charge in [0.2, 0.25) is 0 Å². The highest BCUT2D eigenvalue weighted by molar-refractivity contribution is 7.52. The van der Waals surface area contributed by atoms with E-state index in [2.05, 4.69) is 0 Å². The fourth-order valence-electron chi connectivity index (χ4n) is 1.55. The fourth-order valence-corrected chi connectivity index (χ4v) is 2.17. The zero-order chi connectivity index (χ0) is 13.1. The van der Waals surface area contributed by atoms with Crippen molar-refractivity contribution >= 4 is 13.4 Å². The lowest BCUT2D eigenvalue weighted by molar-refractivity contribution is -0.117. The number of Topliss-reactive ketones (excluding diaryl/α,β-unsaturated/α-hetero) is 1. The molecule has 5 nitrogen and oxygen atoms in total. The average Bonchev–Trinajstić information content (AvgIpc) is 2.65. The van der Waals surface area contributed by atoms with Crippen LogP contribution >= 0.6 is 7.60 Å². The highest BCUT2D eigenvalue weighted by Crippen LogP contribution is 2.35. The summed E-state index contributed by atoms with van der Waals surface area (Å²) in [5.74, 6) is 0.347. The maximum absolute atomic E-state index is 11.4. The summed E-state index contributed by atoms with van der Waals surface area (Å²) in [6.45, 7) is 3.85. The Balaban J connectivity index is 2.51. The Kier molecular flexibility index (Phi) is 4.31. The summed E-state index contributed by atoms with van der Waals surface area (Å²) < 4.78 is 15.9. The molecular weight excluding hydrogens is 243 g/mol. The van der Waals surface area contributed by atoms with Gasteiger partial charge < -0.3 is 14.2 Å². The summed E-state index contributed by atoms with van der Waals surface area (Å²) in [6, 6.07) is 3.60. The highest BCUT2D eigenvalue weighted by atomic mass is 31.2. The second-order valence-corrected chi connectivity index (χ2v) is 6.37. The van der Waals surface area contributed by atoms with Crippen molar-refractivity contribution in [3.63, 3.8) is 0 Å². The molecule has 1 rings (SSSR count). The summed E-state index contributed by atoms with van der Waals surface area (Å²) in [6.07, 6.45) is 1.52. The quantitative estimate of drug-likeness (QED) is 0.764. The van der Waals surface area contributed by atoms with Crippen molar-refractivity contribution < 1.29 is 23.6 Å². The van der Waals surface area contributed by atoms with E-state index in [0.717, 1.165) is 5.76 Å². The van der Waals surface area contributed by atoms with Crippen molar-refractivity contribution in [2.24, 2.45) is 0 Å². The van der Waals surface area contributed by atoms with Crippen LogP contribution in [0.15, 0.2) is 22.8 Å². The van der Waals surface area contributed by atoms with Crippen molar-refractivity contribution in [2.75, 3.05) is 6.16 Å². The average molecular weight is 260 g/mol. The molecule has 0 aliphatic rings. The van der Waals surface area contributed by atoms with E-state index < -0.39 is 19.5 Å². The molecule has 1 aromatic heterocycles. The molecular formula is C11H17O5P. The fraction of sp³-hybridized carbons (Fsp3) is 0.545. The zero-order valence-corrected chi connectivity index (χ0v) is 10.8. The van der Waals surface area contributed by atoms with Crippen LogP contribution in [0, 0.1) is 0 Å². The van der Waals surface area contributed by atoms with Crippen LogP contribution < -0.4 is 0 Å². The van der Waals surface area contributed by atoms with Crippen molar-refractivity contribution in [2.45, 2.75) is 32.1 Å². The minimum Gasteiger partial charge on any atom is -0.469 e. The zero-order valence-electron chi connectivity index (χ0n) is 9.92. The number of carbonyl (C=O) groups excluding carboxylic acids is 1. The normalized spacial score (nSPS) is 12.7. The number of hydrogen-bond acceptors (Lipinski definition) is 3.